The third kappa shape index (κ3) is 8.32. The minimum atomic E-state index is -4.44. The van der Waals surface area contributed by atoms with Crippen molar-refractivity contribution in [2.24, 2.45) is 0 Å². The van der Waals surface area contributed by atoms with Crippen LogP contribution in [0.1, 0.15) is 25.0 Å². The molecule has 0 aromatic heterocycles. The SMILES string of the molecule is CCOC(=O)C(C)Oc1cccc(C(F)(F)F)c1.Oc1cccc(C(F)(F)F)c1. The first kappa shape index (κ1) is 24.1. The van der Waals surface area contributed by atoms with Crippen LogP contribution in [0.2, 0.25) is 0 Å². The van der Waals surface area contributed by atoms with Gasteiger partial charge in [-0.25, -0.2) is 4.79 Å². The first-order valence-electron chi connectivity index (χ1n) is 8.21. The zero-order chi connectivity index (χ0) is 22.2. The number of aromatic hydroxyl groups is 1. The Bertz CT molecular complexity index is 802. The summed E-state index contributed by atoms with van der Waals surface area (Å²) in [7, 11) is 0. The maximum atomic E-state index is 12.4. The average Bonchev–Trinajstić information content (AvgIpc) is 2.61. The quantitative estimate of drug-likeness (QED) is 0.524. The lowest BCUT2D eigenvalue weighted by atomic mass is 10.2. The molecule has 0 aliphatic heterocycles. The van der Waals surface area contributed by atoms with Crippen LogP contribution in [-0.4, -0.2) is 23.8 Å². The van der Waals surface area contributed by atoms with Gasteiger partial charge in [0.05, 0.1) is 17.7 Å². The smallest absolute Gasteiger partial charge is 0.416 e. The Morgan fingerprint density at radius 3 is 1.93 bits per heavy atom. The highest BCUT2D eigenvalue weighted by molar-refractivity contribution is 5.74. The molecule has 0 amide bonds. The number of phenolic OH excluding ortho intramolecular Hbond substituents is 1. The van der Waals surface area contributed by atoms with Gasteiger partial charge in [0, 0.05) is 0 Å². The largest absolute Gasteiger partial charge is 0.508 e. The Balaban J connectivity index is 0.000000326. The molecule has 2 aromatic carbocycles. The molecule has 0 spiro atoms. The van der Waals surface area contributed by atoms with E-state index >= 15 is 0 Å². The lowest BCUT2D eigenvalue weighted by Crippen LogP contribution is -2.26. The molecule has 4 nitrogen and oxygen atoms in total. The van der Waals surface area contributed by atoms with Crippen LogP contribution < -0.4 is 4.74 Å². The van der Waals surface area contributed by atoms with E-state index in [2.05, 4.69) is 4.74 Å². The Labute approximate surface area is 162 Å². The van der Waals surface area contributed by atoms with Gasteiger partial charge in [-0.1, -0.05) is 12.1 Å². The summed E-state index contributed by atoms with van der Waals surface area (Å²) in [6.45, 7) is 3.24. The van der Waals surface area contributed by atoms with Crippen molar-refractivity contribution in [1.29, 1.82) is 0 Å². The van der Waals surface area contributed by atoms with Gasteiger partial charge < -0.3 is 14.6 Å². The molecule has 0 radical (unpaired) electrons. The van der Waals surface area contributed by atoms with Gasteiger partial charge in [0.15, 0.2) is 6.10 Å². The number of carbonyl (C=O) groups is 1. The summed E-state index contributed by atoms with van der Waals surface area (Å²) in [6.07, 6.45) is -9.76. The first-order chi connectivity index (χ1) is 13.3. The van der Waals surface area contributed by atoms with E-state index in [4.69, 9.17) is 9.84 Å². The van der Waals surface area contributed by atoms with Crippen molar-refractivity contribution in [1.82, 2.24) is 0 Å². The van der Waals surface area contributed by atoms with E-state index in [1.165, 1.54) is 25.1 Å². The Morgan fingerprint density at radius 2 is 1.48 bits per heavy atom. The summed E-state index contributed by atoms with van der Waals surface area (Å²) in [6, 6.07) is 8.27. The topological polar surface area (TPSA) is 55.8 Å². The van der Waals surface area contributed by atoms with Gasteiger partial charge in [-0.2, -0.15) is 26.3 Å². The van der Waals surface area contributed by atoms with Crippen molar-refractivity contribution >= 4 is 5.97 Å². The number of halogens is 6. The minimum Gasteiger partial charge on any atom is -0.508 e. The molecule has 0 bridgehead atoms. The van der Waals surface area contributed by atoms with Gasteiger partial charge in [-0.05, 0) is 50.2 Å². The predicted octanol–water partition coefficient (Wildman–Crippen LogP) is 5.45. The predicted molar refractivity (Wildman–Crippen MR) is 91.3 cm³/mol. The Morgan fingerprint density at radius 1 is 0.966 bits per heavy atom. The van der Waals surface area contributed by atoms with E-state index in [1.54, 1.807) is 6.92 Å². The first-order valence-corrected chi connectivity index (χ1v) is 8.21. The highest BCUT2D eigenvalue weighted by atomic mass is 19.4. The highest BCUT2D eigenvalue weighted by Crippen LogP contribution is 2.32. The fraction of sp³-hybridized carbons (Fsp3) is 0.316. The van der Waals surface area contributed by atoms with E-state index in [9.17, 15) is 31.1 Å². The van der Waals surface area contributed by atoms with E-state index in [1.807, 2.05) is 0 Å². The van der Waals surface area contributed by atoms with Crippen molar-refractivity contribution in [2.75, 3.05) is 6.61 Å². The molecule has 2 aromatic rings. The van der Waals surface area contributed by atoms with Crippen molar-refractivity contribution < 1.29 is 45.7 Å². The average molecular weight is 424 g/mol. The summed E-state index contributed by atoms with van der Waals surface area (Å²) in [5.41, 5.74) is -1.66. The summed E-state index contributed by atoms with van der Waals surface area (Å²) < 4.78 is 82.7. The third-order valence-corrected chi connectivity index (χ3v) is 3.27. The summed E-state index contributed by atoms with van der Waals surface area (Å²) >= 11 is 0. The summed E-state index contributed by atoms with van der Waals surface area (Å²) in [4.78, 5) is 11.3. The molecule has 160 valence electrons. The molecule has 0 fully saturated rings. The zero-order valence-corrected chi connectivity index (χ0v) is 15.3. The molecule has 0 saturated heterocycles. The van der Waals surface area contributed by atoms with Crippen molar-refractivity contribution in [3.63, 3.8) is 0 Å². The number of carbonyl (C=O) groups excluding carboxylic acids is 1. The number of rotatable bonds is 4. The summed E-state index contributed by atoms with van der Waals surface area (Å²) in [5.74, 6) is -1.01. The van der Waals surface area contributed by atoms with Gasteiger partial charge in [0.2, 0.25) is 0 Å². The number of benzene rings is 2. The second-order valence-corrected chi connectivity index (χ2v) is 5.59. The van der Waals surface area contributed by atoms with E-state index in [0.717, 1.165) is 24.3 Å². The Kier molecular flexibility index (Phi) is 8.35. The van der Waals surface area contributed by atoms with Crippen LogP contribution in [0.5, 0.6) is 11.5 Å². The number of hydrogen-bond acceptors (Lipinski definition) is 4. The van der Waals surface area contributed by atoms with Crippen LogP contribution in [-0.2, 0) is 21.9 Å². The zero-order valence-electron chi connectivity index (χ0n) is 15.3. The molecule has 2 rings (SSSR count). The number of alkyl halides is 6. The normalized spacial score (nSPS) is 12.4. The molecule has 1 atom stereocenters. The van der Waals surface area contributed by atoms with E-state index < -0.39 is 35.6 Å². The number of esters is 1. The van der Waals surface area contributed by atoms with Crippen LogP contribution in [0.4, 0.5) is 26.3 Å². The maximum Gasteiger partial charge on any atom is 0.416 e. The molecule has 0 aliphatic carbocycles. The molecular weight excluding hydrogens is 406 g/mol. The lowest BCUT2D eigenvalue weighted by Gasteiger charge is -2.14. The van der Waals surface area contributed by atoms with Gasteiger partial charge in [0.25, 0.3) is 0 Å². The second kappa shape index (κ2) is 10.0. The standard InChI is InChI=1S/C12H13F3O3.C7H5F3O/c1-3-17-11(16)8(2)18-10-6-4-5-9(7-10)12(13,14)15;8-7(9,10)5-2-1-3-6(11)4-5/h4-8H,3H2,1-2H3;1-4,11H. The van der Waals surface area contributed by atoms with Crippen LogP contribution in [0.3, 0.4) is 0 Å². The van der Waals surface area contributed by atoms with Crippen LogP contribution >= 0.6 is 0 Å². The number of hydrogen-bond donors (Lipinski definition) is 1. The van der Waals surface area contributed by atoms with Gasteiger partial charge in [-0.3, -0.25) is 0 Å². The van der Waals surface area contributed by atoms with Crippen LogP contribution in [0.15, 0.2) is 48.5 Å². The van der Waals surface area contributed by atoms with Gasteiger partial charge in [0.1, 0.15) is 11.5 Å². The molecule has 1 unspecified atom stereocenters. The van der Waals surface area contributed by atoms with E-state index in [-0.39, 0.29) is 18.1 Å². The maximum absolute atomic E-state index is 12.4. The highest BCUT2D eigenvalue weighted by Gasteiger charge is 2.31. The Hall–Kier alpha value is -2.91. The minimum absolute atomic E-state index is 0.0228. The number of ether oxygens (including phenoxy) is 2. The molecule has 0 heterocycles. The molecule has 0 aliphatic rings. The summed E-state index contributed by atoms with van der Waals surface area (Å²) in [5, 5.41) is 8.68. The molecule has 0 saturated carbocycles. The van der Waals surface area contributed by atoms with Crippen molar-refractivity contribution in [3.05, 3.63) is 59.7 Å². The molecule has 29 heavy (non-hydrogen) atoms. The number of phenols is 1. The van der Waals surface area contributed by atoms with Crippen molar-refractivity contribution in [3.8, 4) is 11.5 Å². The van der Waals surface area contributed by atoms with Crippen LogP contribution in [0.25, 0.3) is 0 Å². The van der Waals surface area contributed by atoms with Gasteiger partial charge >= 0.3 is 18.3 Å². The monoisotopic (exact) mass is 424 g/mol. The van der Waals surface area contributed by atoms with Crippen molar-refractivity contribution in [2.45, 2.75) is 32.3 Å². The lowest BCUT2D eigenvalue weighted by molar-refractivity contribution is -0.150. The second-order valence-electron chi connectivity index (χ2n) is 5.59. The third-order valence-electron chi connectivity index (χ3n) is 3.27. The molecular formula is C19H18F6O4. The van der Waals surface area contributed by atoms with E-state index in [0.29, 0.717) is 6.07 Å². The fourth-order valence-corrected chi connectivity index (χ4v) is 1.94. The fourth-order valence-electron chi connectivity index (χ4n) is 1.94. The van der Waals surface area contributed by atoms with Crippen LogP contribution in [0, 0.1) is 0 Å². The molecule has 1 N–H and O–H groups in total. The molecule has 10 heteroatoms. The van der Waals surface area contributed by atoms with Gasteiger partial charge in [-0.15, -0.1) is 0 Å².